The average molecular weight is 1220 g/mol. The van der Waals surface area contributed by atoms with Crippen molar-refractivity contribution in [1.29, 1.82) is 0 Å². The van der Waals surface area contributed by atoms with Crippen LogP contribution in [-0.2, 0) is 0 Å². The van der Waals surface area contributed by atoms with Crippen LogP contribution in [0.3, 0.4) is 0 Å². The van der Waals surface area contributed by atoms with Gasteiger partial charge in [-0.3, -0.25) is 0 Å². The molecule has 0 saturated heterocycles. The van der Waals surface area contributed by atoms with Crippen LogP contribution in [0.25, 0.3) is 0 Å². The van der Waals surface area contributed by atoms with Crippen molar-refractivity contribution in [2.24, 2.45) is 0 Å². The molecule has 68 heavy (non-hydrogen) atoms. The first-order chi connectivity index (χ1) is 32.5. The second kappa shape index (κ2) is 23.8. The lowest BCUT2D eigenvalue weighted by Gasteiger charge is -2.44. The van der Waals surface area contributed by atoms with Gasteiger partial charge in [0.25, 0.3) is 0 Å². The Kier molecular flexibility index (Phi) is 18.5. The molecule has 0 nitrogen and oxygen atoms in total. The lowest BCUT2D eigenvalue weighted by atomic mass is 10.1. The Morgan fingerprint density at radius 3 is 0.838 bits per heavy atom. The van der Waals surface area contributed by atoms with Gasteiger partial charge in [-0.2, -0.15) is 0 Å². The fraction of sp³-hybridized carbons (Fsp3) is 0.133. The van der Waals surface area contributed by atoms with Crippen LogP contribution in [0.15, 0.2) is 209 Å². The maximum atomic E-state index is 7.29. The molecule has 338 valence electrons. The molecular weight excluding hydrogens is 1170 g/mol. The minimum absolute atomic E-state index is 0.200. The standard InChI is InChI=1S/C60H48Br4Cl2Si2/c1-59(2,3)67(49-23-11-7-12-24-49,50-25-13-8-14-26-50)55(53(65)43-57(61)62)41-39-47-35-31-45(32-36-47)21-19-20-22-46-33-37-48(38-34-46)40-42-56(54(66)44-58(63)64)68(60(4,5)6,51-27-15-9-16-28-51)52-29-17-10-18-30-52/h7-18,23-38,43-44H,1-6H3/b55-53+,56-54+. The molecular formula is C60H48Br4Cl2Si2. The van der Waals surface area contributed by atoms with E-state index in [4.69, 9.17) is 23.2 Å². The molecule has 0 radical (unpaired) electrons. The van der Waals surface area contributed by atoms with E-state index in [9.17, 15) is 0 Å². The molecule has 0 aliphatic rings. The first kappa shape index (κ1) is 52.8. The van der Waals surface area contributed by atoms with Crippen LogP contribution in [0.5, 0.6) is 0 Å². The van der Waals surface area contributed by atoms with Gasteiger partial charge < -0.3 is 0 Å². The van der Waals surface area contributed by atoms with E-state index in [0.717, 1.165) is 39.4 Å². The van der Waals surface area contributed by atoms with Crippen LogP contribution in [0.1, 0.15) is 63.8 Å². The van der Waals surface area contributed by atoms with Crippen LogP contribution in [0.4, 0.5) is 0 Å². The van der Waals surface area contributed by atoms with Gasteiger partial charge in [0.05, 0.1) is 16.8 Å². The molecule has 0 spiro atoms. The number of hydrogen-bond donors (Lipinski definition) is 0. The molecule has 6 aromatic rings. The summed E-state index contributed by atoms with van der Waals surface area (Å²) in [6.45, 7) is 13.8. The summed E-state index contributed by atoms with van der Waals surface area (Å²) in [7, 11) is -5.70. The average Bonchev–Trinajstić information content (AvgIpc) is 3.31. The van der Waals surface area contributed by atoms with Crippen LogP contribution >= 0.6 is 86.9 Å². The van der Waals surface area contributed by atoms with Gasteiger partial charge in [-0.25, -0.2) is 0 Å². The molecule has 0 atom stereocenters. The Bertz CT molecular complexity index is 2810. The SMILES string of the molecule is CC(C)(C)[Si](/C(C#Cc1ccc(C#CC#Cc2ccc(C#C/C(=C(\Cl)C=C(Br)Br)[Si](c3ccccc3)(c3ccccc3)C(C)(C)C)cc2)cc1)=C(/Cl)C=C(Br)Br)(c1ccccc1)c1ccccc1. The fourth-order valence-corrected chi connectivity index (χ4v) is 22.4. The van der Waals surface area contributed by atoms with Crippen molar-refractivity contribution in [2.75, 3.05) is 0 Å². The highest BCUT2D eigenvalue weighted by atomic mass is 79.9. The second-order valence-electron chi connectivity index (χ2n) is 17.9. The first-order valence-electron chi connectivity index (χ1n) is 21.8. The summed E-state index contributed by atoms with van der Waals surface area (Å²) in [6.07, 6.45) is 3.78. The lowest BCUT2D eigenvalue weighted by molar-refractivity contribution is 0.736. The Morgan fingerprint density at radius 2 is 0.618 bits per heavy atom. The predicted molar refractivity (Wildman–Crippen MR) is 313 cm³/mol. The molecule has 0 N–H and O–H groups in total. The van der Waals surface area contributed by atoms with Crippen LogP contribution < -0.4 is 20.7 Å². The van der Waals surface area contributed by atoms with Gasteiger partial charge in [0.2, 0.25) is 0 Å². The first-order valence-corrected chi connectivity index (χ1v) is 29.8. The van der Waals surface area contributed by atoms with Gasteiger partial charge in [-0.1, -0.05) is 222 Å². The zero-order valence-corrected chi connectivity index (χ0v) is 48.4. The molecule has 0 aliphatic carbocycles. The van der Waals surface area contributed by atoms with E-state index < -0.39 is 16.1 Å². The topological polar surface area (TPSA) is 0 Å². The third kappa shape index (κ3) is 12.4. The van der Waals surface area contributed by atoms with E-state index in [0.29, 0.717) is 10.1 Å². The van der Waals surface area contributed by atoms with Crippen LogP contribution in [0.2, 0.25) is 10.1 Å². The number of benzene rings is 6. The smallest absolute Gasteiger partial charge is 0.0837 e. The molecule has 0 unspecified atom stereocenters. The molecule has 6 aromatic carbocycles. The number of rotatable bonds is 8. The largest absolute Gasteiger partial charge is 0.165 e. The summed E-state index contributed by atoms with van der Waals surface area (Å²) in [4.78, 5) is 0. The molecule has 0 saturated carbocycles. The molecule has 6 rings (SSSR count). The Labute approximate surface area is 450 Å². The maximum Gasteiger partial charge on any atom is 0.165 e. The van der Waals surface area contributed by atoms with Crippen molar-refractivity contribution in [3.8, 4) is 47.4 Å². The summed E-state index contributed by atoms with van der Waals surface area (Å²) in [5.74, 6) is 26.7. The van der Waals surface area contributed by atoms with Gasteiger partial charge in [0, 0.05) is 32.6 Å². The van der Waals surface area contributed by atoms with E-state index in [1.807, 2.05) is 60.7 Å². The van der Waals surface area contributed by atoms with E-state index in [1.54, 1.807) is 0 Å². The normalized spacial score (nSPS) is 12.1. The van der Waals surface area contributed by atoms with Crippen molar-refractivity contribution in [2.45, 2.75) is 51.6 Å². The van der Waals surface area contributed by atoms with E-state index in [1.165, 1.54) is 20.7 Å². The van der Waals surface area contributed by atoms with Crippen molar-refractivity contribution in [3.05, 3.63) is 232 Å². The van der Waals surface area contributed by atoms with E-state index in [2.05, 4.69) is 274 Å². The molecule has 0 heterocycles. The summed E-state index contributed by atoms with van der Waals surface area (Å²) in [5, 5.41) is 7.60. The zero-order chi connectivity index (χ0) is 49.0. The highest BCUT2D eigenvalue weighted by Crippen LogP contribution is 2.44. The zero-order valence-electron chi connectivity index (χ0n) is 38.6. The molecule has 0 bridgehead atoms. The number of allylic oxidation sites excluding steroid dienone is 6. The lowest BCUT2D eigenvalue weighted by Crippen LogP contribution is -2.66. The van der Waals surface area contributed by atoms with E-state index in [-0.39, 0.29) is 10.1 Å². The molecule has 8 heteroatoms. The quantitative estimate of drug-likeness (QED) is 0.0809. The maximum absolute atomic E-state index is 7.29. The van der Waals surface area contributed by atoms with Gasteiger partial charge in [0.1, 0.15) is 0 Å². The summed E-state index contributed by atoms with van der Waals surface area (Å²) < 4.78 is 1.49. The van der Waals surface area contributed by atoms with Gasteiger partial charge >= 0.3 is 0 Å². The molecule has 0 aliphatic heterocycles. The third-order valence-corrected chi connectivity index (χ3v) is 25.1. The predicted octanol–water partition coefficient (Wildman–Crippen LogP) is 15.2. The Morgan fingerprint density at radius 1 is 0.382 bits per heavy atom. The summed E-state index contributed by atoms with van der Waals surface area (Å²) >= 11 is 28.8. The third-order valence-electron chi connectivity index (χ3n) is 11.7. The van der Waals surface area contributed by atoms with Crippen LogP contribution in [0, 0.1) is 47.4 Å². The Balaban J connectivity index is 1.29. The van der Waals surface area contributed by atoms with Gasteiger partial charge in [-0.15, -0.1) is 0 Å². The van der Waals surface area contributed by atoms with Gasteiger partial charge in [0.15, 0.2) is 16.1 Å². The molecule has 0 fully saturated rings. The monoisotopic (exact) mass is 1210 g/mol. The van der Waals surface area contributed by atoms with Gasteiger partial charge in [-0.05, 0) is 167 Å². The summed E-state index contributed by atoms with van der Waals surface area (Å²) in [5.41, 5.74) is 3.39. The molecule has 0 amide bonds. The van der Waals surface area contributed by atoms with Crippen molar-refractivity contribution in [3.63, 3.8) is 0 Å². The number of halogens is 6. The fourth-order valence-electron chi connectivity index (χ4n) is 8.90. The minimum Gasteiger partial charge on any atom is -0.0837 e. The highest BCUT2D eigenvalue weighted by molar-refractivity contribution is 9.28. The van der Waals surface area contributed by atoms with E-state index >= 15 is 0 Å². The van der Waals surface area contributed by atoms with Crippen molar-refractivity contribution >= 4 is 124 Å². The number of hydrogen-bond acceptors (Lipinski definition) is 0. The summed E-state index contributed by atoms with van der Waals surface area (Å²) in [6, 6.07) is 58.7. The Hall–Kier alpha value is -4.55. The van der Waals surface area contributed by atoms with Crippen molar-refractivity contribution in [1.82, 2.24) is 0 Å². The highest BCUT2D eigenvalue weighted by Gasteiger charge is 2.52. The minimum atomic E-state index is -2.85. The molecule has 0 aromatic heterocycles. The second-order valence-corrected chi connectivity index (χ2v) is 33.6. The van der Waals surface area contributed by atoms with Crippen molar-refractivity contribution < 1.29 is 0 Å². The van der Waals surface area contributed by atoms with Crippen LogP contribution in [-0.4, -0.2) is 16.1 Å².